The van der Waals surface area contributed by atoms with Gasteiger partial charge in [0.25, 0.3) is 0 Å². The van der Waals surface area contributed by atoms with Crippen LogP contribution in [-0.2, 0) is 6.42 Å². The average Bonchev–Trinajstić information content (AvgIpc) is 2.28. The van der Waals surface area contributed by atoms with E-state index in [0.717, 1.165) is 0 Å². The first kappa shape index (κ1) is 12.1. The highest BCUT2D eigenvalue weighted by molar-refractivity contribution is 5.83. The molecule has 1 heteroatoms. The molecule has 0 aliphatic rings. The van der Waals surface area contributed by atoms with Gasteiger partial charge in [0.1, 0.15) is 0 Å². The fourth-order valence-electron chi connectivity index (χ4n) is 1.97. The minimum absolute atomic E-state index is 0.258. The van der Waals surface area contributed by atoms with Crippen molar-refractivity contribution in [2.45, 2.75) is 32.8 Å². The highest BCUT2D eigenvalue weighted by atomic mass is 16.3. The van der Waals surface area contributed by atoms with Gasteiger partial charge in [0.05, 0.1) is 5.60 Å². The van der Waals surface area contributed by atoms with Gasteiger partial charge in [-0.2, -0.15) is 0 Å². The lowest BCUT2D eigenvalue weighted by Crippen LogP contribution is -2.33. The molecule has 2 aromatic rings. The smallest absolute Gasteiger partial charge is 0.0682 e. The van der Waals surface area contributed by atoms with Gasteiger partial charge in [-0.25, -0.2) is 0 Å². The van der Waals surface area contributed by atoms with E-state index in [2.05, 4.69) is 44.2 Å². The molecule has 0 bridgehead atoms. The summed E-state index contributed by atoms with van der Waals surface area (Å²) in [7, 11) is 0. The van der Waals surface area contributed by atoms with Crippen LogP contribution in [0, 0.1) is 5.92 Å². The molecular formula is C16H20O. The second-order valence-corrected chi connectivity index (χ2v) is 5.37. The van der Waals surface area contributed by atoms with E-state index in [9.17, 15) is 5.11 Å². The van der Waals surface area contributed by atoms with Crippen LogP contribution >= 0.6 is 0 Å². The summed E-state index contributed by atoms with van der Waals surface area (Å²) in [5.74, 6) is 0.258. The van der Waals surface area contributed by atoms with Crippen LogP contribution in [0.5, 0.6) is 0 Å². The van der Waals surface area contributed by atoms with Gasteiger partial charge in [-0.1, -0.05) is 56.3 Å². The number of rotatable bonds is 3. The molecule has 0 amide bonds. The molecule has 0 spiro atoms. The van der Waals surface area contributed by atoms with Gasteiger partial charge in [0.15, 0.2) is 0 Å². The summed E-state index contributed by atoms with van der Waals surface area (Å²) in [5.41, 5.74) is 0.560. The Morgan fingerprint density at radius 1 is 1.06 bits per heavy atom. The van der Waals surface area contributed by atoms with Crippen LogP contribution in [0.1, 0.15) is 26.3 Å². The Labute approximate surface area is 103 Å². The van der Waals surface area contributed by atoms with Gasteiger partial charge in [0, 0.05) is 6.42 Å². The summed E-state index contributed by atoms with van der Waals surface area (Å²) in [6, 6.07) is 14.7. The maximum atomic E-state index is 10.3. The molecule has 1 nitrogen and oxygen atoms in total. The normalized spacial score (nSPS) is 15.1. The molecule has 1 atom stereocenters. The van der Waals surface area contributed by atoms with Crippen LogP contribution in [0.2, 0.25) is 0 Å². The lowest BCUT2D eigenvalue weighted by molar-refractivity contribution is 0.0140. The van der Waals surface area contributed by atoms with Crippen molar-refractivity contribution in [2.75, 3.05) is 0 Å². The van der Waals surface area contributed by atoms with Crippen LogP contribution < -0.4 is 0 Å². The highest BCUT2D eigenvalue weighted by Gasteiger charge is 2.24. The summed E-state index contributed by atoms with van der Waals surface area (Å²) in [4.78, 5) is 0. The monoisotopic (exact) mass is 228 g/mol. The highest BCUT2D eigenvalue weighted by Crippen LogP contribution is 2.24. The number of hydrogen-bond acceptors (Lipinski definition) is 1. The Kier molecular flexibility index (Phi) is 3.21. The number of benzene rings is 2. The predicted molar refractivity (Wildman–Crippen MR) is 73.1 cm³/mol. The molecule has 1 N–H and O–H groups in total. The SMILES string of the molecule is CC(C)C(C)(O)Cc1ccc2ccccc2c1. The molecule has 0 radical (unpaired) electrons. The summed E-state index contributed by atoms with van der Waals surface area (Å²) < 4.78 is 0. The topological polar surface area (TPSA) is 20.2 Å². The molecule has 0 saturated carbocycles. The number of fused-ring (bicyclic) bond motifs is 1. The van der Waals surface area contributed by atoms with Gasteiger partial charge in [0.2, 0.25) is 0 Å². The summed E-state index contributed by atoms with van der Waals surface area (Å²) in [5, 5.41) is 12.8. The Hall–Kier alpha value is -1.34. The van der Waals surface area contributed by atoms with Crippen molar-refractivity contribution in [1.29, 1.82) is 0 Å². The third-order valence-corrected chi connectivity index (χ3v) is 3.62. The second-order valence-electron chi connectivity index (χ2n) is 5.37. The standard InChI is InChI=1S/C16H20O/c1-12(2)16(3,17)11-13-8-9-14-6-4-5-7-15(14)10-13/h4-10,12,17H,11H2,1-3H3. The van der Waals surface area contributed by atoms with Crippen LogP contribution in [0.15, 0.2) is 42.5 Å². The Balaban J connectivity index is 2.31. The molecule has 0 saturated heterocycles. The van der Waals surface area contributed by atoms with Crippen LogP contribution in [0.25, 0.3) is 10.8 Å². The second kappa shape index (κ2) is 4.50. The quantitative estimate of drug-likeness (QED) is 0.847. The largest absolute Gasteiger partial charge is 0.390 e. The fraction of sp³-hybridized carbons (Fsp3) is 0.375. The Bertz CT molecular complexity index is 512. The zero-order valence-corrected chi connectivity index (χ0v) is 10.8. The molecule has 0 heterocycles. The fourth-order valence-corrected chi connectivity index (χ4v) is 1.97. The average molecular weight is 228 g/mol. The molecule has 0 aliphatic carbocycles. The lowest BCUT2D eigenvalue weighted by atomic mass is 9.86. The first-order valence-electron chi connectivity index (χ1n) is 6.19. The molecule has 1 unspecified atom stereocenters. The summed E-state index contributed by atoms with van der Waals surface area (Å²) in [6.45, 7) is 6.02. The molecular weight excluding hydrogens is 208 g/mol. The van der Waals surface area contributed by atoms with Crippen molar-refractivity contribution >= 4 is 10.8 Å². The first-order valence-corrected chi connectivity index (χ1v) is 6.19. The lowest BCUT2D eigenvalue weighted by Gasteiger charge is -2.27. The zero-order valence-electron chi connectivity index (χ0n) is 10.8. The zero-order chi connectivity index (χ0) is 12.5. The van der Waals surface area contributed by atoms with Crippen LogP contribution in [0.3, 0.4) is 0 Å². The van der Waals surface area contributed by atoms with E-state index in [1.165, 1.54) is 16.3 Å². The van der Waals surface area contributed by atoms with E-state index >= 15 is 0 Å². The van der Waals surface area contributed by atoms with Gasteiger partial charge in [-0.05, 0) is 29.2 Å². The van der Waals surface area contributed by atoms with Crippen molar-refractivity contribution in [1.82, 2.24) is 0 Å². The van der Waals surface area contributed by atoms with E-state index in [1.807, 2.05) is 19.1 Å². The molecule has 0 fully saturated rings. The maximum Gasteiger partial charge on any atom is 0.0682 e. The van der Waals surface area contributed by atoms with Crippen molar-refractivity contribution in [3.63, 3.8) is 0 Å². The van der Waals surface area contributed by atoms with Gasteiger partial charge in [-0.15, -0.1) is 0 Å². The van der Waals surface area contributed by atoms with Gasteiger partial charge >= 0.3 is 0 Å². The molecule has 2 aromatic carbocycles. The molecule has 2 rings (SSSR count). The van der Waals surface area contributed by atoms with E-state index in [1.54, 1.807) is 0 Å². The molecule has 0 aromatic heterocycles. The summed E-state index contributed by atoms with van der Waals surface area (Å²) >= 11 is 0. The van der Waals surface area contributed by atoms with E-state index in [4.69, 9.17) is 0 Å². The summed E-state index contributed by atoms with van der Waals surface area (Å²) in [6.07, 6.45) is 0.704. The third kappa shape index (κ3) is 2.67. The van der Waals surface area contributed by atoms with Crippen molar-refractivity contribution in [2.24, 2.45) is 5.92 Å². The maximum absolute atomic E-state index is 10.3. The van der Waals surface area contributed by atoms with Crippen molar-refractivity contribution in [3.05, 3.63) is 48.0 Å². The third-order valence-electron chi connectivity index (χ3n) is 3.62. The Morgan fingerprint density at radius 2 is 1.71 bits per heavy atom. The van der Waals surface area contributed by atoms with Crippen molar-refractivity contribution < 1.29 is 5.11 Å². The van der Waals surface area contributed by atoms with Gasteiger partial charge < -0.3 is 5.11 Å². The van der Waals surface area contributed by atoms with Crippen molar-refractivity contribution in [3.8, 4) is 0 Å². The number of aliphatic hydroxyl groups is 1. The van der Waals surface area contributed by atoms with Crippen LogP contribution in [-0.4, -0.2) is 10.7 Å². The van der Waals surface area contributed by atoms with E-state index in [-0.39, 0.29) is 5.92 Å². The molecule has 90 valence electrons. The number of hydrogen-bond donors (Lipinski definition) is 1. The molecule has 0 aliphatic heterocycles. The minimum atomic E-state index is -0.636. The van der Waals surface area contributed by atoms with Crippen LogP contribution in [0.4, 0.5) is 0 Å². The van der Waals surface area contributed by atoms with E-state index in [0.29, 0.717) is 6.42 Å². The van der Waals surface area contributed by atoms with Gasteiger partial charge in [-0.3, -0.25) is 0 Å². The Morgan fingerprint density at radius 3 is 2.35 bits per heavy atom. The first-order chi connectivity index (χ1) is 7.99. The molecule has 17 heavy (non-hydrogen) atoms. The van der Waals surface area contributed by atoms with E-state index < -0.39 is 5.60 Å². The minimum Gasteiger partial charge on any atom is -0.390 e. The predicted octanol–water partition coefficient (Wildman–Crippen LogP) is 3.79.